The lowest BCUT2D eigenvalue weighted by Crippen LogP contribution is -2.24. The molecule has 5 heteroatoms. The molecule has 1 aromatic carbocycles. The summed E-state index contributed by atoms with van der Waals surface area (Å²) >= 11 is 0. The fourth-order valence-corrected chi connectivity index (χ4v) is 2.32. The first-order valence-electron chi connectivity index (χ1n) is 6.50. The van der Waals surface area contributed by atoms with E-state index in [0.717, 1.165) is 29.6 Å². The number of amides is 2. The second-order valence-corrected chi connectivity index (χ2v) is 4.74. The molecule has 98 valence electrons. The van der Waals surface area contributed by atoms with Gasteiger partial charge in [-0.1, -0.05) is 5.57 Å². The normalized spacial score (nSPS) is 14.6. The highest BCUT2D eigenvalue weighted by molar-refractivity contribution is 5.92. The summed E-state index contributed by atoms with van der Waals surface area (Å²) in [5.41, 5.74) is 3.87. The minimum Gasteiger partial charge on any atom is -0.345 e. The van der Waals surface area contributed by atoms with Crippen molar-refractivity contribution in [2.45, 2.75) is 25.7 Å². The van der Waals surface area contributed by atoms with Crippen molar-refractivity contribution in [3.63, 3.8) is 0 Å². The van der Waals surface area contributed by atoms with Crippen molar-refractivity contribution in [1.82, 2.24) is 15.3 Å². The SMILES string of the molecule is O=C(NC=C1CCCC1)Nc1ccc2nc[nH]c2c1. The Morgan fingerprint density at radius 1 is 1.32 bits per heavy atom. The van der Waals surface area contributed by atoms with E-state index in [2.05, 4.69) is 20.6 Å². The van der Waals surface area contributed by atoms with Crippen molar-refractivity contribution in [2.75, 3.05) is 5.32 Å². The van der Waals surface area contributed by atoms with E-state index in [0.29, 0.717) is 0 Å². The third-order valence-corrected chi connectivity index (χ3v) is 3.33. The van der Waals surface area contributed by atoms with Crippen molar-refractivity contribution in [3.8, 4) is 0 Å². The van der Waals surface area contributed by atoms with E-state index < -0.39 is 0 Å². The van der Waals surface area contributed by atoms with E-state index >= 15 is 0 Å². The first-order chi connectivity index (χ1) is 9.31. The van der Waals surface area contributed by atoms with E-state index in [1.54, 1.807) is 6.33 Å². The van der Waals surface area contributed by atoms with Crippen LogP contribution in [-0.4, -0.2) is 16.0 Å². The average molecular weight is 256 g/mol. The van der Waals surface area contributed by atoms with Gasteiger partial charge in [-0.25, -0.2) is 9.78 Å². The molecule has 19 heavy (non-hydrogen) atoms. The van der Waals surface area contributed by atoms with Crippen molar-refractivity contribution >= 4 is 22.8 Å². The number of carbonyl (C=O) groups excluding carboxylic acids is 1. The molecular formula is C14H16N4O. The topological polar surface area (TPSA) is 69.8 Å². The summed E-state index contributed by atoms with van der Waals surface area (Å²) < 4.78 is 0. The number of aromatic amines is 1. The maximum atomic E-state index is 11.8. The zero-order valence-electron chi connectivity index (χ0n) is 10.6. The van der Waals surface area contributed by atoms with Gasteiger partial charge in [0.15, 0.2) is 0 Å². The molecule has 0 atom stereocenters. The molecule has 0 unspecified atom stereocenters. The predicted octanol–water partition coefficient (Wildman–Crippen LogP) is 3.14. The monoisotopic (exact) mass is 256 g/mol. The number of allylic oxidation sites excluding steroid dienone is 1. The number of nitrogens with one attached hydrogen (secondary N) is 3. The molecule has 1 saturated carbocycles. The average Bonchev–Trinajstić information content (AvgIpc) is 3.07. The third-order valence-electron chi connectivity index (χ3n) is 3.33. The number of aromatic nitrogens is 2. The number of urea groups is 1. The van der Waals surface area contributed by atoms with Gasteiger partial charge < -0.3 is 15.6 Å². The number of fused-ring (bicyclic) bond motifs is 1. The van der Waals surface area contributed by atoms with Gasteiger partial charge in [0, 0.05) is 11.9 Å². The van der Waals surface area contributed by atoms with Crippen molar-refractivity contribution in [1.29, 1.82) is 0 Å². The number of benzene rings is 1. The summed E-state index contributed by atoms with van der Waals surface area (Å²) in [6, 6.07) is 5.37. The van der Waals surface area contributed by atoms with Crippen LogP contribution in [0.4, 0.5) is 10.5 Å². The molecule has 1 fully saturated rings. The van der Waals surface area contributed by atoms with Gasteiger partial charge in [-0.3, -0.25) is 0 Å². The Bertz CT molecular complexity index is 621. The Kier molecular flexibility index (Phi) is 3.18. The van der Waals surface area contributed by atoms with Crippen molar-refractivity contribution in [3.05, 3.63) is 36.3 Å². The second kappa shape index (κ2) is 5.14. The summed E-state index contributed by atoms with van der Waals surface area (Å²) in [5.74, 6) is 0. The molecule has 5 nitrogen and oxygen atoms in total. The lowest BCUT2D eigenvalue weighted by molar-refractivity contribution is 0.255. The van der Waals surface area contributed by atoms with Crippen LogP contribution in [0.1, 0.15) is 25.7 Å². The quantitative estimate of drug-likeness (QED) is 0.772. The van der Waals surface area contributed by atoms with Crippen LogP contribution in [0, 0.1) is 0 Å². The number of hydrogen-bond acceptors (Lipinski definition) is 2. The highest BCUT2D eigenvalue weighted by atomic mass is 16.2. The Hall–Kier alpha value is -2.30. The first kappa shape index (κ1) is 11.8. The Morgan fingerprint density at radius 3 is 3.00 bits per heavy atom. The molecule has 1 aliphatic carbocycles. The molecule has 2 amide bonds. The summed E-state index contributed by atoms with van der Waals surface area (Å²) in [6.45, 7) is 0. The van der Waals surface area contributed by atoms with E-state index in [9.17, 15) is 4.79 Å². The summed E-state index contributed by atoms with van der Waals surface area (Å²) in [6.07, 6.45) is 8.12. The highest BCUT2D eigenvalue weighted by Gasteiger charge is 2.07. The van der Waals surface area contributed by atoms with Gasteiger partial charge >= 0.3 is 6.03 Å². The molecule has 3 rings (SSSR count). The van der Waals surface area contributed by atoms with Crippen molar-refractivity contribution < 1.29 is 4.79 Å². The molecule has 0 saturated heterocycles. The Morgan fingerprint density at radius 2 is 2.16 bits per heavy atom. The van der Waals surface area contributed by atoms with Gasteiger partial charge in [0.05, 0.1) is 17.4 Å². The zero-order valence-corrected chi connectivity index (χ0v) is 10.6. The van der Waals surface area contributed by atoms with Crippen LogP contribution >= 0.6 is 0 Å². The molecule has 2 aromatic rings. The number of nitrogens with zero attached hydrogens (tertiary/aromatic N) is 1. The lowest BCUT2D eigenvalue weighted by atomic mass is 10.2. The molecule has 3 N–H and O–H groups in total. The third kappa shape index (κ3) is 2.76. The fraction of sp³-hybridized carbons (Fsp3) is 0.286. The number of anilines is 1. The van der Waals surface area contributed by atoms with Crippen LogP contribution < -0.4 is 10.6 Å². The second-order valence-electron chi connectivity index (χ2n) is 4.74. The number of imidazole rings is 1. The molecule has 1 heterocycles. The maximum Gasteiger partial charge on any atom is 0.323 e. The molecule has 0 aliphatic heterocycles. The molecular weight excluding hydrogens is 240 g/mol. The van der Waals surface area contributed by atoms with Gasteiger partial charge in [-0.15, -0.1) is 0 Å². The Balaban J connectivity index is 1.63. The van der Waals surface area contributed by atoms with Crippen molar-refractivity contribution in [2.24, 2.45) is 0 Å². The van der Waals surface area contributed by atoms with Gasteiger partial charge in [0.1, 0.15) is 0 Å². The van der Waals surface area contributed by atoms with E-state index in [1.165, 1.54) is 18.4 Å². The molecule has 0 spiro atoms. The van der Waals surface area contributed by atoms with Gasteiger partial charge in [-0.05, 0) is 43.9 Å². The number of rotatable bonds is 2. The standard InChI is InChI=1S/C14H16N4O/c19-14(15-8-10-3-1-2-4-10)18-11-5-6-12-13(7-11)17-9-16-12/h5-9H,1-4H2,(H,16,17)(H2,15,18,19). The van der Waals surface area contributed by atoms with Gasteiger partial charge in [0.2, 0.25) is 0 Å². The Labute approximate surface area is 111 Å². The first-order valence-corrected chi connectivity index (χ1v) is 6.50. The van der Waals surface area contributed by atoms with Crippen LogP contribution in [0.5, 0.6) is 0 Å². The minimum absolute atomic E-state index is 0.210. The minimum atomic E-state index is -0.210. The summed E-state index contributed by atoms with van der Waals surface area (Å²) in [4.78, 5) is 18.9. The molecule has 0 radical (unpaired) electrons. The van der Waals surface area contributed by atoms with E-state index in [1.807, 2.05) is 24.4 Å². The van der Waals surface area contributed by atoms with Crippen LogP contribution in [0.3, 0.4) is 0 Å². The van der Waals surface area contributed by atoms with Crippen LogP contribution in [-0.2, 0) is 0 Å². The largest absolute Gasteiger partial charge is 0.345 e. The fourth-order valence-electron chi connectivity index (χ4n) is 2.32. The highest BCUT2D eigenvalue weighted by Crippen LogP contribution is 2.22. The molecule has 1 aliphatic rings. The maximum absolute atomic E-state index is 11.8. The smallest absolute Gasteiger partial charge is 0.323 e. The van der Waals surface area contributed by atoms with Gasteiger partial charge in [-0.2, -0.15) is 0 Å². The van der Waals surface area contributed by atoms with Crippen LogP contribution in [0.2, 0.25) is 0 Å². The summed E-state index contributed by atoms with van der Waals surface area (Å²) in [5, 5.41) is 5.58. The van der Waals surface area contributed by atoms with Crippen LogP contribution in [0.25, 0.3) is 11.0 Å². The van der Waals surface area contributed by atoms with E-state index in [4.69, 9.17) is 0 Å². The van der Waals surface area contributed by atoms with E-state index in [-0.39, 0.29) is 6.03 Å². The molecule has 1 aromatic heterocycles. The predicted molar refractivity (Wildman–Crippen MR) is 74.8 cm³/mol. The number of hydrogen-bond donors (Lipinski definition) is 3. The number of carbonyl (C=O) groups is 1. The van der Waals surface area contributed by atoms with Gasteiger partial charge in [0.25, 0.3) is 0 Å². The van der Waals surface area contributed by atoms with Crippen LogP contribution in [0.15, 0.2) is 36.3 Å². The number of H-pyrrole nitrogens is 1. The lowest BCUT2D eigenvalue weighted by Gasteiger charge is -2.05. The molecule has 0 bridgehead atoms. The summed E-state index contributed by atoms with van der Waals surface area (Å²) in [7, 11) is 0. The zero-order chi connectivity index (χ0) is 13.1.